The molecular weight excluding hydrogens is 302 g/mol. The minimum Gasteiger partial charge on any atom is -0.478 e. The number of carbonyl (C=O) groups excluding carboxylic acids is 1. The van der Waals surface area contributed by atoms with Gasteiger partial charge in [-0.05, 0) is 24.6 Å². The van der Waals surface area contributed by atoms with Crippen LogP contribution < -0.4 is 10.1 Å². The molecule has 0 radical (unpaired) electrons. The van der Waals surface area contributed by atoms with Crippen LogP contribution in [0.3, 0.4) is 0 Å². The van der Waals surface area contributed by atoms with Crippen molar-refractivity contribution in [3.05, 3.63) is 40.9 Å². The smallest absolute Gasteiger partial charge is 0.412 e. The van der Waals surface area contributed by atoms with E-state index in [-0.39, 0.29) is 18.5 Å². The van der Waals surface area contributed by atoms with Crippen molar-refractivity contribution in [2.75, 3.05) is 6.54 Å². The Morgan fingerprint density at radius 3 is 2.78 bits per heavy atom. The van der Waals surface area contributed by atoms with E-state index in [4.69, 9.17) is 9.84 Å². The predicted octanol–water partition coefficient (Wildman–Crippen LogP) is 2.57. The molecule has 1 aromatic carbocycles. The molecule has 0 aliphatic rings. The van der Waals surface area contributed by atoms with Crippen molar-refractivity contribution in [3.63, 3.8) is 0 Å². The Bertz CT molecular complexity index is 473. The molecule has 96 valence electrons. The minimum absolute atomic E-state index is 0.0396. The van der Waals surface area contributed by atoms with Gasteiger partial charge in [-0.25, -0.2) is 9.59 Å². The lowest BCUT2D eigenvalue weighted by Crippen LogP contribution is -2.28. The maximum absolute atomic E-state index is 11.3. The van der Waals surface area contributed by atoms with E-state index in [2.05, 4.69) is 27.8 Å². The van der Waals surface area contributed by atoms with E-state index in [9.17, 15) is 9.59 Å². The van der Waals surface area contributed by atoms with Crippen molar-refractivity contribution in [1.82, 2.24) is 5.32 Å². The Balaban J connectivity index is 2.34. The number of ether oxygens (including phenoxy) is 1. The summed E-state index contributed by atoms with van der Waals surface area (Å²) in [5, 5.41) is 11.0. The monoisotopic (exact) mass is 313 g/mol. The van der Waals surface area contributed by atoms with Crippen LogP contribution in [0.4, 0.5) is 4.79 Å². The van der Waals surface area contributed by atoms with Crippen LogP contribution in [-0.2, 0) is 4.79 Å². The van der Waals surface area contributed by atoms with Crippen molar-refractivity contribution >= 4 is 28.0 Å². The third-order valence-corrected chi connectivity index (χ3v) is 2.50. The van der Waals surface area contributed by atoms with Gasteiger partial charge in [-0.1, -0.05) is 28.6 Å². The first kappa shape index (κ1) is 14.2. The van der Waals surface area contributed by atoms with Gasteiger partial charge in [-0.2, -0.15) is 0 Å². The number of hydrogen-bond acceptors (Lipinski definition) is 3. The molecule has 0 spiro atoms. The molecule has 2 N–H and O–H groups in total. The number of aliphatic carboxylic acids is 1. The first-order valence-electron chi connectivity index (χ1n) is 5.11. The quantitative estimate of drug-likeness (QED) is 0.819. The Morgan fingerprint density at radius 2 is 2.17 bits per heavy atom. The number of halogens is 1. The third-order valence-electron chi connectivity index (χ3n) is 2.01. The molecule has 0 atom stereocenters. The van der Waals surface area contributed by atoms with Crippen LogP contribution >= 0.6 is 15.9 Å². The van der Waals surface area contributed by atoms with Gasteiger partial charge in [0, 0.05) is 16.6 Å². The van der Waals surface area contributed by atoms with Gasteiger partial charge in [0.25, 0.3) is 0 Å². The van der Waals surface area contributed by atoms with Crippen LogP contribution in [0.2, 0.25) is 0 Å². The maximum Gasteiger partial charge on any atom is 0.412 e. The molecule has 0 aromatic heterocycles. The number of carboxylic acid groups (broad SMARTS) is 1. The van der Waals surface area contributed by atoms with E-state index < -0.39 is 12.1 Å². The van der Waals surface area contributed by atoms with E-state index in [0.717, 1.165) is 4.47 Å². The van der Waals surface area contributed by atoms with Crippen LogP contribution in [0.1, 0.15) is 6.42 Å². The topological polar surface area (TPSA) is 75.6 Å². The van der Waals surface area contributed by atoms with Crippen molar-refractivity contribution in [1.29, 1.82) is 0 Å². The van der Waals surface area contributed by atoms with Crippen LogP contribution in [0.15, 0.2) is 40.9 Å². The molecule has 0 aliphatic carbocycles. The summed E-state index contributed by atoms with van der Waals surface area (Å²) in [6.45, 7) is 3.51. The fraction of sp³-hybridized carbons (Fsp3) is 0.167. The molecule has 5 nitrogen and oxygen atoms in total. The molecule has 1 rings (SSSR count). The average molecular weight is 314 g/mol. The highest BCUT2D eigenvalue weighted by molar-refractivity contribution is 9.10. The second kappa shape index (κ2) is 6.80. The maximum atomic E-state index is 11.3. The molecule has 0 saturated carbocycles. The van der Waals surface area contributed by atoms with Gasteiger partial charge in [-0.3, -0.25) is 0 Å². The van der Waals surface area contributed by atoms with Gasteiger partial charge >= 0.3 is 12.1 Å². The number of benzene rings is 1. The van der Waals surface area contributed by atoms with E-state index in [1.165, 1.54) is 0 Å². The van der Waals surface area contributed by atoms with Crippen LogP contribution in [0, 0.1) is 0 Å². The van der Waals surface area contributed by atoms with E-state index in [0.29, 0.717) is 5.75 Å². The Labute approximate surface area is 113 Å². The molecule has 0 fully saturated rings. The summed E-state index contributed by atoms with van der Waals surface area (Å²) >= 11 is 3.25. The average Bonchev–Trinajstić information content (AvgIpc) is 2.28. The molecule has 18 heavy (non-hydrogen) atoms. The number of hydrogen-bond donors (Lipinski definition) is 2. The summed E-state index contributed by atoms with van der Waals surface area (Å²) < 4.78 is 5.78. The summed E-state index contributed by atoms with van der Waals surface area (Å²) in [6, 6.07) is 6.83. The standard InChI is InChI=1S/C12H12BrNO4/c1-8(11(15)16)5-6-14-12(17)18-10-4-2-3-9(13)7-10/h2-4,7H,1,5-6H2,(H,14,17)(H,15,16). The zero-order valence-electron chi connectivity index (χ0n) is 9.48. The lowest BCUT2D eigenvalue weighted by Gasteiger charge is -2.06. The number of nitrogens with one attached hydrogen (secondary N) is 1. The summed E-state index contributed by atoms with van der Waals surface area (Å²) in [4.78, 5) is 21.8. The van der Waals surface area contributed by atoms with Crippen molar-refractivity contribution in [3.8, 4) is 5.75 Å². The Kier molecular flexibility index (Phi) is 5.38. The lowest BCUT2D eigenvalue weighted by atomic mass is 10.2. The molecule has 1 amide bonds. The van der Waals surface area contributed by atoms with Crippen LogP contribution in [-0.4, -0.2) is 23.7 Å². The summed E-state index contributed by atoms with van der Waals surface area (Å²) in [6.07, 6.45) is -0.464. The van der Waals surface area contributed by atoms with Gasteiger partial charge in [-0.15, -0.1) is 0 Å². The van der Waals surface area contributed by atoms with Crippen molar-refractivity contribution in [2.24, 2.45) is 0 Å². The van der Waals surface area contributed by atoms with E-state index in [1.54, 1.807) is 18.2 Å². The largest absolute Gasteiger partial charge is 0.478 e. The van der Waals surface area contributed by atoms with Crippen molar-refractivity contribution in [2.45, 2.75) is 6.42 Å². The molecule has 0 aliphatic heterocycles. The van der Waals surface area contributed by atoms with Gasteiger partial charge in [0.15, 0.2) is 0 Å². The fourth-order valence-electron chi connectivity index (χ4n) is 1.10. The Morgan fingerprint density at radius 1 is 1.44 bits per heavy atom. The third kappa shape index (κ3) is 5.01. The minimum atomic E-state index is -1.07. The van der Waals surface area contributed by atoms with Crippen LogP contribution in [0.5, 0.6) is 5.75 Å². The second-order valence-electron chi connectivity index (χ2n) is 3.43. The molecule has 1 aromatic rings. The number of carbonyl (C=O) groups is 2. The molecule has 0 saturated heterocycles. The molecule has 0 bridgehead atoms. The predicted molar refractivity (Wildman–Crippen MR) is 69.6 cm³/mol. The Hall–Kier alpha value is -1.82. The molecule has 6 heteroatoms. The normalized spacial score (nSPS) is 9.61. The van der Waals surface area contributed by atoms with Gasteiger partial charge < -0.3 is 15.2 Å². The zero-order valence-corrected chi connectivity index (χ0v) is 11.1. The fourth-order valence-corrected chi connectivity index (χ4v) is 1.47. The van der Waals surface area contributed by atoms with Crippen LogP contribution in [0.25, 0.3) is 0 Å². The molecule has 0 unspecified atom stereocenters. The van der Waals surface area contributed by atoms with Crippen molar-refractivity contribution < 1.29 is 19.4 Å². The van der Waals surface area contributed by atoms with Gasteiger partial charge in [0.05, 0.1) is 0 Å². The van der Waals surface area contributed by atoms with Gasteiger partial charge in [0.2, 0.25) is 0 Å². The highest BCUT2D eigenvalue weighted by Crippen LogP contribution is 2.17. The first-order valence-corrected chi connectivity index (χ1v) is 5.90. The van der Waals surface area contributed by atoms with E-state index >= 15 is 0 Å². The summed E-state index contributed by atoms with van der Waals surface area (Å²) in [7, 11) is 0. The SMILES string of the molecule is C=C(CCNC(=O)Oc1cccc(Br)c1)C(=O)O. The number of rotatable bonds is 5. The second-order valence-corrected chi connectivity index (χ2v) is 4.35. The zero-order chi connectivity index (χ0) is 13.5. The highest BCUT2D eigenvalue weighted by atomic mass is 79.9. The molecular formula is C12H12BrNO4. The number of amides is 1. The lowest BCUT2D eigenvalue weighted by molar-refractivity contribution is -0.132. The van der Waals surface area contributed by atoms with Gasteiger partial charge in [0.1, 0.15) is 5.75 Å². The summed E-state index contributed by atoms with van der Waals surface area (Å²) in [5.41, 5.74) is 0.0396. The number of carboxylic acids is 1. The van der Waals surface area contributed by atoms with E-state index in [1.807, 2.05) is 6.07 Å². The highest BCUT2D eigenvalue weighted by Gasteiger charge is 2.07. The molecule has 0 heterocycles. The summed E-state index contributed by atoms with van der Waals surface area (Å²) in [5.74, 6) is -0.670. The first-order chi connectivity index (χ1) is 8.49.